The predicted octanol–water partition coefficient (Wildman–Crippen LogP) is 4.79. The third kappa shape index (κ3) is 3.71. The standard InChI is InChI=1S/C17H21BrN2O2/c1-5-22-16-8-12(4)6-7-14(16)19-17(21)15-9-13(18)10-20(15)11(2)3/h6-11H,5H2,1-4H3,(H,19,21). The van der Waals surface area contributed by atoms with Gasteiger partial charge in [-0.05, 0) is 67.4 Å². The van der Waals surface area contributed by atoms with Gasteiger partial charge in [0, 0.05) is 16.7 Å². The topological polar surface area (TPSA) is 43.3 Å². The lowest BCUT2D eigenvalue weighted by Crippen LogP contribution is -2.18. The molecule has 1 N–H and O–H groups in total. The van der Waals surface area contributed by atoms with Crippen LogP contribution in [0.1, 0.15) is 42.9 Å². The van der Waals surface area contributed by atoms with Crippen LogP contribution in [0.2, 0.25) is 0 Å². The predicted molar refractivity (Wildman–Crippen MR) is 92.8 cm³/mol. The third-order valence-electron chi connectivity index (χ3n) is 3.29. The number of hydrogen-bond donors (Lipinski definition) is 1. The molecule has 0 unspecified atom stereocenters. The van der Waals surface area contributed by atoms with E-state index in [0.29, 0.717) is 23.7 Å². The molecule has 0 fully saturated rings. The van der Waals surface area contributed by atoms with Gasteiger partial charge >= 0.3 is 0 Å². The minimum absolute atomic E-state index is 0.149. The number of aromatic nitrogens is 1. The lowest BCUT2D eigenvalue weighted by molar-refractivity contribution is 0.101. The van der Waals surface area contributed by atoms with E-state index >= 15 is 0 Å². The van der Waals surface area contributed by atoms with E-state index < -0.39 is 0 Å². The van der Waals surface area contributed by atoms with E-state index in [1.54, 1.807) is 0 Å². The monoisotopic (exact) mass is 364 g/mol. The summed E-state index contributed by atoms with van der Waals surface area (Å²) in [4.78, 5) is 12.6. The molecule has 2 rings (SSSR count). The zero-order chi connectivity index (χ0) is 16.3. The summed E-state index contributed by atoms with van der Waals surface area (Å²) >= 11 is 3.43. The molecule has 0 radical (unpaired) electrons. The van der Waals surface area contributed by atoms with Crippen molar-refractivity contribution in [2.45, 2.75) is 33.7 Å². The van der Waals surface area contributed by atoms with E-state index in [-0.39, 0.29) is 11.9 Å². The molecular weight excluding hydrogens is 344 g/mol. The largest absolute Gasteiger partial charge is 0.492 e. The highest BCUT2D eigenvalue weighted by Crippen LogP contribution is 2.27. The van der Waals surface area contributed by atoms with Crippen molar-refractivity contribution < 1.29 is 9.53 Å². The number of carbonyl (C=O) groups excluding carboxylic acids is 1. The van der Waals surface area contributed by atoms with E-state index in [9.17, 15) is 4.79 Å². The number of anilines is 1. The van der Waals surface area contributed by atoms with Crippen molar-refractivity contribution in [1.82, 2.24) is 4.57 Å². The number of nitrogens with one attached hydrogen (secondary N) is 1. The van der Waals surface area contributed by atoms with Gasteiger partial charge in [-0.25, -0.2) is 0 Å². The highest BCUT2D eigenvalue weighted by molar-refractivity contribution is 9.10. The molecule has 0 saturated heterocycles. The Hall–Kier alpha value is -1.75. The van der Waals surface area contributed by atoms with Crippen molar-refractivity contribution in [3.63, 3.8) is 0 Å². The Morgan fingerprint density at radius 3 is 2.73 bits per heavy atom. The number of halogens is 1. The zero-order valence-corrected chi connectivity index (χ0v) is 14.9. The van der Waals surface area contributed by atoms with Crippen molar-refractivity contribution >= 4 is 27.5 Å². The van der Waals surface area contributed by atoms with Crippen LogP contribution in [0.4, 0.5) is 5.69 Å². The van der Waals surface area contributed by atoms with Gasteiger partial charge in [0.15, 0.2) is 0 Å². The maximum absolute atomic E-state index is 12.6. The molecule has 1 heterocycles. The number of benzene rings is 1. The fraction of sp³-hybridized carbons (Fsp3) is 0.353. The number of aryl methyl sites for hydroxylation is 1. The van der Waals surface area contributed by atoms with Crippen LogP contribution in [-0.4, -0.2) is 17.1 Å². The summed E-state index contributed by atoms with van der Waals surface area (Å²) in [5, 5.41) is 2.94. The first-order valence-corrected chi connectivity index (χ1v) is 8.13. The van der Waals surface area contributed by atoms with Crippen molar-refractivity contribution in [1.29, 1.82) is 0 Å². The van der Waals surface area contributed by atoms with Crippen molar-refractivity contribution in [3.05, 3.63) is 46.2 Å². The van der Waals surface area contributed by atoms with Gasteiger partial charge in [-0.1, -0.05) is 6.07 Å². The Morgan fingerprint density at radius 1 is 1.36 bits per heavy atom. The van der Waals surface area contributed by atoms with E-state index in [1.165, 1.54) is 0 Å². The Bertz CT molecular complexity index is 677. The maximum atomic E-state index is 12.6. The average Bonchev–Trinajstić information content (AvgIpc) is 2.84. The first kappa shape index (κ1) is 16.6. The number of amides is 1. The second-order valence-electron chi connectivity index (χ2n) is 5.43. The van der Waals surface area contributed by atoms with Gasteiger partial charge in [-0.15, -0.1) is 0 Å². The first-order valence-electron chi connectivity index (χ1n) is 7.34. The van der Waals surface area contributed by atoms with Gasteiger partial charge in [0.05, 0.1) is 12.3 Å². The second kappa shape index (κ2) is 7.01. The molecule has 2 aromatic rings. The lowest BCUT2D eigenvalue weighted by Gasteiger charge is -2.15. The summed E-state index contributed by atoms with van der Waals surface area (Å²) in [7, 11) is 0. The molecule has 1 aromatic heterocycles. The van der Waals surface area contributed by atoms with Crippen LogP contribution in [0.5, 0.6) is 5.75 Å². The number of hydrogen-bond acceptors (Lipinski definition) is 2. The first-order chi connectivity index (χ1) is 10.4. The number of carbonyl (C=O) groups is 1. The van der Waals surface area contributed by atoms with Gasteiger partial charge in [-0.3, -0.25) is 4.79 Å². The van der Waals surface area contributed by atoms with Gasteiger partial charge in [0.2, 0.25) is 0 Å². The van der Waals surface area contributed by atoms with Crippen molar-refractivity contribution in [2.75, 3.05) is 11.9 Å². The summed E-state index contributed by atoms with van der Waals surface area (Å²) in [6.07, 6.45) is 1.91. The van der Waals surface area contributed by atoms with E-state index in [2.05, 4.69) is 21.2 Å². The molecule has 0 aliphatic carbocycles. The van der Waals surface area contributed by atoms with Gasteiger partial charge in [0.25, 0.3) is 5.91 Å². The van der Waals surface area contributed by atoms with Crippen LogP contribution in [0.15, 0.2) is 34.9 Å². The second-order valence-corrected chi connectivity index (χ2v) is 6.35. The van der Waals surface area contributed by atoms with Gasteiger partial charge in [0.1, 0.15) is 11.4 Å². The highest BCUT2D eigenvalue weighted by Gasteiger charge is 2.16. The van der Waals surface area contributed by atoms with E-state index in [0.717, 1.165) is 10.0 Å². The van der Waals surface area contributed by atoms with Crippen LogP contribution in [0, 0.1) is 6.92 Å². The smallest absolute Gasteiger partial charge is 0.272 e. The minimum atomic E-state index is -0.149. The molecule has 0 aliphatic heterocycles. The highest BCUT2D eigenvalue weighted by atomic mass is 79.9. The lowest BCUT2D eigenvalue weighted by atomic mass is 10.2. The van der Waals surface area contributed by atoms with Crippen LogP contribution in [-0.2, 0) is 0 Å². The number of nitrogens with zero attached hydrogens (tertiary/aromatic N) is 1. The fourth-order valence-corrected chi connectivity index (χ4v) is 2.69. The molecular formula is C17H21BrN2O2. The Balaban J connectivity index is 2.29. The Morgan fingerprint density at radius 2 is 2.09 bits per heavy atom. The van der Waals surface area contributed by atoms with Crippen LogP contribution < -0.4 is 10.1 Å². The molecule has 0 atom stereocenters. The van der Waals surface area contributed by atoms with E-state index in [1.807, 2.05) is 62.7 Å². The third-order valence-corrected chi connectivity index (χ3v) is 3.72. The van der Waals surface area contributed by atoms with Gasteiger partial charge in [-0.2, -0.15) is 0 Å². The van der Waals surface area contributed by atoms with Crippen LogP contribution in [0.25, 0.3) is 0 Å². The van der Waals surface area contributed by atoms with Gasteiger partial charge < -0.3 is 14.6 Å². The number of ether oxygens (including phenoxy) is 1. The average molecular weight is 365 g/mol. The molecule has 118 valence electrons. The Kier molecular flexibility index (Phi) is 5.29. The van der Waals surface area contributed by atoms with E-state index in [4.69, 9.17) is 4.74 Å². The summed E-state index contributed by atoms with van der Waals surface area (Å²) < 4.78 is 8.43. The Labute approximate surface area is 139 Å². The molecule has 0 spiro atoms. The zero-order valence-electron chi connectivity index (χ0n) is 13.3. The minimum Gasteiger partial charge on any atom is -0.492 e. The van der Waals surface area contributed by atoms with Crippen molar-refractivity contribution in [3.8, 4) is 5.75 Å². The molecule has 5 heteroatoms. The molecule has 22 heavy (non-hydrogen) atoms. The van der Waals surface area contributed by atoms with Crippen LogP contribution >= 0.6 is 15.9 Å². The SMILES string of the molecule is CCOc1cc(C)ccc1NC(=O)c1cc(Br)cn1C(C)C. The molecule has 0 saturated carbocycles. The van der Waals surface area contributed by atoms with Crippen LogP contribution in [0.3, 0.4) is 0 Å². The fourth-order valence-electron chi connectivity index (χ4n) is 2.25. The molecule has 0 bridgehead atoms. The molecule has 1 aromatic carbocycles. The number of rotatable bonds is 5. The van der Waals surface area contributed by atoms with Crippen molar-refractivity contribution in [2.24, 2.45) is 0 Å². The normalized spacial score (nSPS) is 10.8. The molecule has 0 aliphatic rings. The summed E-state index contributed by atoms with van der Waals surface area (Å²) in [6, 6.07) is 7.78. The summed E-state index contributed by atoms with van der Waals surface area (Å²) in [5.41, 5.74) is 2.39. The summed E-state index contributed by atoms with van der Waals surface area (Å²) in [6.45, 7) is 8.56. The molecule has 1 amide bonds. The quantitative estimate of drug-likeness (QED) is 0.828. The molecule has 4 nitrogen and oxygen atoms in total. The maximum Gasteiger partial charge on any atom is 0.272 e. The summed E-state index contributed by atoms with van der Waals surface area (Å²) in [5.74, 6) is 0.543.